The van der Waals surface area contributed by atoms with E-state index in [1.54, 1.807) is 18.6 Å². The van der Waals surface area contributed by atoms with Crippen LogP contribution in [0.2, 0.25) is 0 Å². The number of aliphatic hydroxyl groups excluding tert-OH is 1. The van der Waals surface area contributed by atoms with E-state index in [1.165, 1.54) is 0 Å². The summed E-state index contributed by atoms with van der Waals surface area (Å²) in [6.07, 6.45) is 3.21. The highest BCUT2D eigenvalue weighted by Gasteiger charge is 2.29. The fourth-order valence-electron chi connectivity index (χ4n) is 3.59. The standard InChI is InChI=1S/C18H22FN5O3/c1-10-6-24(7-11(2)26-10)16-12(8-25)3-14-17(15(16)19)27-23-18(14)21-5-13-4-20-9-22-13/h3-4,9-11,25H,5-8H2,1-2H3,(H,20,22)(H,21,23)/t10-,11+. The van der Waals surface area contributed by atoms with Gasteiger partial charge in [-0.25, -0.2) is 9.37 Å². The van der Waals surface area contributed by atoms with Crippen molar-refractivity contribution in [2.75, 3.05) is 23.3 Å². The van der Waals surface area contributed by atoms with E-state index in [2.05, 4.69) is 20.4 Å². The molecule has 1 aliphatic rings. The van der Waals surface area contributed by atoms with Crippen LogP contribution < -0.4 is 10.2 Å². The average Bonchev–Trinajstić information content (AvgIpc) is 3.28. The Morgan fingerprint density at radius 2 is 2.15 bits per heavy atom. The fraction of sp³-hybridized carbons (Fsp3) is 0.444. The number of H-pyrrole nitrogens is 1. The summed E-state index contributed by atoms with van der Waals surface area (Å²) < 4.78 is 26.3. The van der Waals surface area contributed by atoms with Gasteiger partial charge in [-0.15, -0.1) is 0 Å². The van der Waals surface area contributed by atoms with Crippen molar-refractivity contribution in [3.05, 3.63) is 35.7 Å². The number of hydrogen-bond donors (Lipinski definition) is 3. The molecule has 0 saturated carbocycles. The van der Waals surface area contributed by atoms with Gasteiger partial charge in [-0.3, -0.25) is 0 Å². The van der Waals surface area contributed by atoms with Gasteiger partial charge in [0.25, 0.3) is 0 Å². The topological polar surface area (TPSA) is 99.4 Å². The van der Waals surface area contributed by atoms with Gasteiger partial charge in [-0.2, -0.15) is 0 Å². The molecule has 3 aromatic rings. The van der Waals surface area contributed by atoms with Crippen molar-refractivity contribution in [2.24, 2.45) is 0 Å². The predicted octanol–water partition coefficient (Wildman–Crippen LogP) is 2.41. The summed E-state index contributed by atoms with van der Waals surface area (Å²) in [5, 5.41) is 17.4. The Morgan fingerprint density at radius 1 is 1.37 bits per heavy atom. The number of anilines is 2. The lowest BCUT2D eigenvalue weighted by Gasteiger charge is -2.37. The number of nitrogens with zero attached hydrogens (tertiary/aromatic N) is 3. The molecule has 0 unspecified atom stereocenters. The minimum absolute atomic E-state index is 0.0308. The van der Waals surface area contributed by atoms with Crippen molar-refractivity contribution in [3.8, 4) is 0 Å². The number of benzene rings is 1. The zero-order valence-electron chi connectivity index (χ0n) is 15.2. The van der Waals surface area contributed by atoms with Crippen molar-refractivity contribution in [1.82, 2.24) is 15.1 Å². The van der Waals surface area contributed by atoms with Crippen LogP contribution in [0.25, 0.3) is 11.0 Å². The number of imidazole rings is 1. The Balaban J connectivity index is 1.70. The molecule has 2 atom stereocenters. The molecule has 0 bridgehead atoms. The molecule has 4 rings (SSSR count). The molecule has 8 nitrogen and oxygen atoms in total. The van der Waals surface area contributed by atoms with Gasteiger partial charge in [0.15, 0.2) is 11.6 Å². The molecule has 27 heavy (non-hydrogen) atoms. The van der Waals surface area contributed by atoms with Gasteiger partial charge in [0, 0.05) is 24.8 Å². The average molecular weight is 375 g/mol. The number of nitrogens with one attached hydrogen (secondary N) is 2. The van der Waals surface area contributed by atoms with Crippen LogP contribution in [0, 0.1) is 5.82 Å². The molecule has 1 aliphatic heterocycles. The third-order valence-corrected chi connectivity index (χ3v) is 4.67. The minimum atomic E-state index is -0.514. The summed E-state index contributed by atoms with van der Waals surface area (Å²) >= 11 is 0. The smallest absolute Gasteiger partial charge is 0.206 e. The van der Waals surface area contributed by atoms with E-state index in [0.717, 1.165) is 5.69 Å². The summed E-state index contributed by atoms with van der Waals surface area (Å²) in [6, 6.07) is 1.73. The maximum absolute atomic E-state index is 15.3. The third-order valence-electron chi connectivity index (χ3n) is 4.67. The maximum atomic E-state index is 15.3. The van der Waals surface area contributed by atoms with E-state index in [1.807, 2.05) is 18.7 Å². The lowest BCUT2D eigenvalue weighted by atomic mass is 10.1. The first-order valence-corrected chi connectivity index (χ1v) is 8.90. The summed E-state index contributed by atoms with van der Waals surface area (Å²) in [5.41, 5.74) is 1.78. The predicted molar refractivity (Wildman–Crippen MR) is 98.0 cm³/mol. The number of aromatic amines is 1. The number of ether oxygens (including phenoxy) is 1. The molecule has 2 aromatic heterocycles. The molecule has 1 aromatic carbocycles. The van der Waals surface area contributed by atoms with Crippen LogP contribution in [0.15, 0.2) is 23.1 Å². The van der Waals surface area contributed by atoms with Gasteiger partial charge in [-0.1, -0.05) is 5.16 Å². The van der Waals surface area contributed by atoms with E-state index in [4.69, 9.17) is 9.26 Å². The van der Waals surface area contributed by atoms with Gasteiger partial charge < -0.3 is 29.6 Å². The van der Waals surface area contributed by atoms with Crippen molar-refractivity contribution in [1.29, 1.82) is 0 Å². The van der Waals surface area contributed by atoms with E-state index in [-0.39, 0.29) is 24.4 Å². The maximum Gasteiger partial charge on any atom is 0.206 e. The molecule has 3 heterocycles. The molecule has 1 saturated heterocycles. The SMILES string of the molecule is C[C@@H]1CN(c2c(CO)cc3c(NCc4cnc[nH]4)noc3c2F)C[C@H](C)O1. The Kier molecular flexibility index (Phi) is 4.71. The van der Waals surface area contributed by atoms with E-state index < -0.39 is 5.82 Å². The molecule has 9 heteroatoms. The van der Waals surface area contributed by atoms with E-state index in [0.29, 0.717) is 42.1 Å². The second-order valence-corrected chi connectivity index (χ2v) is 6.86. The lowest BCUT2D eigenvalue weighted by molar-refractivity contribution is -0.00549. The van der Waals surface area contributed by atoms with Crippen molar-refractivity contribution in [3.63, 3.8) is 0 Å². The van der Waals surface area contributed by atoms with Crippen molar-refractivity contribution >= 4 is 22.5 Å². The third kappa shape index (κ3) is 3.35. The van der Waals surface area contributed by atoms with Crippen LogP contribution >= 0.6 is 0 Å². The molecule has 3 N–H and O–H groups in total. The fourth-order valence-corrected chi connectivity index (χ4v) is 3.59. The molecule has 0 amide bonds. The Bertz CT molecular complexity index is 917. The number of morpholine rings is 1. The Morgan fingerprint density at radius 3 is 2.81 bits per heavy atom. The number of hydrogen-bond acceptors (Lipinski definition) is 7. The highest BCUT2D eigenvalue weighted by atomic mass is 19.1. The van der Waals surface area contributed by atoms with E-state index in [9.17, 15) is 5.11 Å². The van der Waals surface area contributed by atoms with Crippen molar-refractivity contribution in [2.45, 2.75) is 39.2 Å². The summed E-state index contributed by atoms with van der Waals surface area (Å²) in [6.45, 7) is 5.14. The zero-order valence-corrected chi connectivity index (χ0v) is 15.2. The molecular weight excluding hydrogens is 353 g/mol. The first-order valence-electron chi connectivity index (χ1n) is 8.90. The van der Waals surface area contributed by atoms with Crippen molar-refractivity contribution < 1.29 is 18.8 Å². The quantitative estimate of drug-likeness (QED) is 0.630. The van der Waals surface area contributed by atoms with Gasteiger partial charge >= 0.3 is 0 Å². The van der Waals surface area contributed by atoms with Gasteiger partial charge in [-0.05, 0) is 19.9 Å². The van der Waals surface area contributed by atoms with Crippen LogP contribution in [0.1, 0.15) is 25.1 Å². The summed E-state index contributed by atoms with van der Waals surface area (Å²) in [4.78, 5) is 8.83. The number of aliphatic hydroxyl groups is 1. The summed E-state index contributed by atoms with van der Waals surface area (Å²) in [7, 11) is 0. The number of rotatable bonds is 5. The normalized spacial score (nSPS) is 20.4. The first-order chi connectivity index (χ1) is 13.1. The largest absolute Gasteiger partial charge is 0.392 e. The van der Waals surface area contributed by atoms with E-state index >= 15 is 4.39 Å². The van der Waals surface area contributed by atoms with Crippen LogP contribution in [0.4, 0.5) is 15.9 Å². The first kappa shape index (κ1) is 17.7. The number of aromatic nitrogens is 3. The van der Waals surface area contributed by atoms with Crippen LogP contribution in [-0.4, -0.2) is 45.5 Å². The number of fused-ring (bicyclic) bond motifs is 1. The monoisotopic (exact) mass is 375 g/mol. The van der Waals surface area contributed by atoms with Gasteiger partial charge in [0.1, 0.15) is 0 Å². The summed E-state index contributed by atoms with van der Waals surface area (Å²) in [5.74, 6) is -0.0941. The molecule has 0 radical (unpaired) electrons. The Hall–Kier alpha value is -2.65. The lowest BCUT2D eigenvalue weighted by Crippen LogP contribution is -2.46. The molecular formula is C18H22FN5O3. The second-order valence-electron chi connectivity index (χ2n) is 6.86. The highest BCUT2D eigenvalue weighted by molar-refractivity contribution is 5.92. The van der Waals surface area contributed by atoms with Crippen LogP contribution in [0.5, 0.6) is 0 Å². The Labute approximate surface area is 155 Å². The van der Waals surface area contributed by atoms with Gasteiger partial charge in [0.2, 0.25) is 5.58 Å². The van der Waals surface area contributed by atoms with Crippen LogP contribution in [0.3, 0.4) is 0 Å². The van der Waals surface area contributed by atoms with Gasteiger partial charge in [0.05, 0.1) is 48.5 Å². The van der Waals surface area contributed by atoms with Crippen LogP contribution in [-0.2, 0) is 17.9 Å². The number of halogens is 1. The zero-order chi connectivity index (χ0) is 19.0. The molecule has 0 spiro atoms. The highest BCUT2D eigenvalue weighted by Crippen LogP contribution is 2.36. The molecule has 1 fully saturated rings. The second kappa shape index (κ2) is 7.16. The minimum Gasteiger partial charge on any atom is -0.392 e. The molecule has 144 valence electrons. The molecule has 0 aliphatic carbocycles.